The fraction of sp³-hybridized carbons (Fsp3) is 0.211. The van der Waals surface area contributed by atoms with Crippen molar-refractivity contribution in [1.82, 2.24) is 0 Å². The molecule has 1 atom stereocenters. The minimum atomic E-state index is -0.260. The van der Waals surface area contributed by atoms with Crippen LogP contribution in [0.15, 0.2) is 203 Å². The molecule has 78 heavy (non-hydrogen) atoms. The van der Waals surface area contributed by atoms with Crippen LogP contribution in [0.25, 0.3) is 99.5 Å². The van der Waals surface area contributed by atoms with Gasteiger partial charge in [0.25, 0.3) is 0 Å². The summed E-state index contributed by atoms with van der Waals surface area (Å²) in [5.74, 6) is 0.257. The number of furan rings is 2. The first-order chi connectivity index (χ1) is 37.6. The highest BCUT2D eigenvalue weighted by Crippen LogP contribution is 2.59. The summed E-state index contributed by atoms with van der Waals surface area (Å²) in [6.45, 7) is 21.5. The fourth-order valence-electron chi connectivity index (χ4n) is 14.6. The number of fused-ring (bicyclic) bond motifs is 17. The zero-order valence-corrected chi connectivity index (χ0v) is 46.3. The summed E-state index contributed by atoms with van der Waals surface area (Å²) in [6, 6.07) is 73.3. The third-order valence-corrected chi connectivity index (χ3v) is 18.9. The first-order valence-electron chi connectivity index (χ1n) is 28.2. The van der Waals surface area contributed by atoms with Gasteiger partial charge in [-0.2, -0.15) is 0 Å². The number of para-hydroxylation sites is 2. The maximum atomic E-state index is 6.97. The Morgan fingerprint density at radius 1 is 0.372 bits per heavy atom. The first-order valence-corrected chi connectivity index (χ1v) is 28.2. The number of benzene rings is 10. The second-order valence-corrected chi connectivity index (χ2v) is 25.6. The van der Waals surface area contributed by atoms with Gasteiger partial charge >= 0.3 is 0 Å². The Balaban J connectivity index is 0.817. The highest BCUT2D eigenvalue weighted by Gasteiger charge is 2.44. The largest absolute Gasteiger partial charge is 0.456 e. The zero-order valence-electron chi connectivity index (χ0n) is 46.3. The van der Waals surface area contributed by atoms with Crippen molar-refractivity contribution < 1.29 is 8.83 Å². The van der Waals surface area contributed by atoms with Crippen molar-refractivity contribution in [3.8, 4) is 55.6 Å². The van der Waals surface area contributed by atoms with Gasteiger partial charge in [-0.3, -0.25) is 0 Å². The van der Waals surface area contributed by atoms with E-state index in [1.165, 1.54) is 122 Å². The summed E-state index contributed by atoms with van der Waals surface area (Å²) in [6.07, 6.45) is 1.86. The van der Waals surface area contributed by atoms with Gasteiger partial charge in [-0.05, 0) is 166 Å². The first kappa shape index (κ1) is 47.0. The number of hydrogen-bond donors (Lipinski definition) is 0. The molecule has 3 aliphatic carbocycles. The summed E-state index contributed by atoms with van der Waals surface area (Å²) < 4.78 is 13.4. The molecule has 12 aromatic rings. The van der Waals surface area contributed by atoms with Crippen LogP contribution in [0.1, 0.15) is 124 Å². The molecule has 0 spiro atoms. The predicted octanol–water partition coefficient (Wildman–Crippen LogP) is 20.6. The van der Waals surface area contributed by atoms with Crippen LogP contribution in [0, 0.1) is 0 Å². The fourth-order valence-corrected chi connectivity index (χ4v) is 14.6. The molecule has 2 nitrogen and oxygen atoms in total. The van der Waals surface area contributed by atoms with E-state index in [0.717, 1.165) is 46.1 Å². The van der Waals surface area contributed by atoms with E-state index in [1.807, 2.05) is 0 Å². The standard InChI is InChI=1S/C76H64O2/c1-73(2,3)49-31-29-46(30-32-49)48(37-44-27-33-52-56-41-63-58(43-62(56)75(6,7)60(52)39-44)69-59(74(63,4)5)35-36-67-70(69)54-23-15-17-25-65(54)77-67)38-45-28-34-53-61(40-45)76(8,9)64-42-57(51-22-14-13-21-50(51)47-19-11-10-12-20-47)72-71(68(53)64)55-24-16-18-26-66(55)78-72/h10-36,39-43,48H,37-38H2,1-9H3. The lowest BCUT2D eigenvalue weighted by Crippen LogP contribution is -2.17. The molecule has 380 valence electrons. The second kappa shape index (κ2) is 16.4. The molecular weight excluding hydrogens is 945 g/mol. The number of hydrogen-bond acceptors (Lipinski definition) is 2. The number of rotatable bonds is 7. The summed E-state index contributed by atoms with van der Waals surface area (Å²) >= 11 is 0. The van der Waals surface area contributed by atoms with E-state index >= 15 is 0 Å². The average Bonchev–Trinajstić information content (AvgIpc) is 4.07. The van der Waals surface area contributed by atoms with Crippen molar-refractivity contribution in [2.75, 3.05) is 0 Å². The lowest BCUT2D eigenvalue weighted by atomic mass is 9.78. The monoisotopic (exact) mass is 1010 g/mol. The van der Waals surface area contributed by atoms with E-state index in [2.05, 4.69) is 256 Å². The third kappa shape index (κ3) is 6.74. The Hall–Kier alpha value is -8.20. The molecule has 15 rings (SSSR count). The molecule has 2 heterocycles. The van der Waals surface area contributed by atoms with Crippen LogP contribution in [0.2, 0.25) is 0 Å². The second-order valence-electron chi connectivity index (χ2n) is 25.6. The van der Waals surface area contributed by atoms with E-state index in [0.29, 0.717) is 0 Å². The van der Waals surface area contributed by atoms with Gasteiger partial charge in [0.15, 0.2) is 0 Å². The van der Waals surface area contributed by atoms with E-state index in [4.69, 9.17) is 8.83 Å². The molecule has 2 aromatic heterocycles. The van der Waals surface area contributed by atoms with Crippen LogP contribution >= 0.6 is 0 Å². The molecule has 0 fully saturated rings. The van der Waals surface area contributed by atoms with Crippen LogP contribution < -0.4 is 0 Å². The Bertz CT molecular complexity index is 4480. The van der Waals surface area contributed by atoms with Gasteiger partial charge < -0.3 is 8.83 Å². The molecule has 0 saturated heterocycles. The van der Waals surface area contributed by atoms with Crippen LogP contribution in [0.4, 0.5) is 0 Å². The lowest BCUT2D eigenvalue weighted by molar-refractivity contribution is 0.588. The molecule has 0 N–H and O–H groups in total. The Labute approximate surface area is 458 Å². The molecule has 0 aliphatic heterocycles. The van der Waals surface area contributed by atoms with Crippen molar-refractivity contribution in [3.63, 3.8) is 0 Å². The Kier molecular flexibility index (Phi) is 9.90. The van der Waals surface area contributed by atoms with Crippen LogP contribution in [-0.2, 0) is 34.5 Å². The van der Waals surface area contributed by atoms with Crippen LogP contribution in [0.5, 0.6) is 0 Å². The predicted molar refractivity (Wildman–Crippen MR) is 326 cm³/mol. The minimum absolute atomic E-state index is 0.0696. The topological polar surface area (TPSA) is 26.3 Å². The highest BCUT2D eigenvalue weighted by atomic mass is 16.3. The maximum Gasteiger partial charge on any atom is 0.143 e. The molecule has 0 bridgehead atoms. The molecule has 10 aromatic carbocycles. The summed E-state index contributed by atoms with van der Waals surface area (Å²) in [7, 11) is 0. The van der Waals surface area contributed by atoms with Crippen molar-refractivity contribution >= 4 is 43.9 Å². The zero-order chi connectivity index (χ0) is 53.2. The van der Waals surface area contributed by atoms with Crippen molar-refractivity contribution in [2.45, 2.75) is 103 Å². The van der Waals surface area contributed by atoms with E-state index < -0.39 is 0 Å². The van der Waals surface area contributed by atoms with Gasteiger partial charge in [0.2, 0.25) is 0 Å². The minimum Gasteiger partial charge on any atom is -0.456 e. The maximum absolute atomic E-state index is 6.97. The van der Waals surface area contributed by atoms with Gasteiger partial charge in [-0.1, -0.05) is 220 Å². The molecule has 3 aliphatic rings. The molecule has 0 saturated carbocycles. The normalized spacial score (nSPS) is 15.6. The van der Waals surface area contributed by atoms with Crippen molar-refractivity contribution in [3.05, 3.63) is 250 Å². The van der Waals surface area contributed by atoms with Gasteiger partial charge in [0, 0.05) is 43.4 Å². The smallest absolute Gasteiger partial charge is 0.143 e. The SMILES string of the molecule is CC(C)(C)c1ccc(C(Cc2ccc3c(c2)C(C)(C)c2cc4c(cc2-3)C(C)(C)c2ccc3oc5ccccc5c3c2-4)Cc2ccc3c(c2)C(C)(C)c2cc(-c4ccccc4-c4ccccc4)c4oc5ccccc5c4c2-3)cc1. The lowest BCUT2D eigenvalue weighted by Gasteiger charge is -2.25. The molecule has 0 radical (unpaired) electrons. The molecule has 1 unspecified atom stereocenters. The van der Waals surface area contributed by atoms with Gasteiger partial charge in [0.05, 0.1) is 0 Å². The summed E-state index contributed by atoms with van der Waals surface area (Å²) in [4.78, 5) is 0. The van der Waals surface area contributed by atoms with Gasteiger partial charge in [-0.25, -0.2) is 0 Å². The quantitative estimate of drug-likeness (QED) is 0.159. The van der Waals surface area contributed by atoms with Crippen molar-refractivity contribution in [2.24, 2.45) is 0 Å². The van der Waals surface area contributed by atoms with Crippen LogP contribution in [0.3, 0.4) is 0 Å². The Morgan fingerprint density at radius 3 is 1.60 bits per heavy atom. The summed E-state index contributed by atoms with van der Waals surface area (Å²) in [5.41, 5.74) is 29.9. The van der Waals surface area contributed by atoms with E-state index in [9.17, 15) is 0 Å². The highest BCUT2D eigenvalue weighted by molar-refractivity contribution is 6.19. The van der Waals surface area contributed by atoms with Gasteiger partial charge in [-0.15, -0.1) is 0 Å². The van der Waals surface area contributed by atoms with E-state index in [-0.39, 0.29) is 27.6 Å². The Morgan fingerprint density at radius 2 is 0.897 bits per heavy atom. The third-order valence-electron chi connectivity index (χ3n) is 18.9. The molecule has 2 heteroatoms. The van der Waals surface area contributed by atoms with Crippen LogP contribution in [-0.4, -0.2) is 0 Å². The average molecular weight is 1010 g/mol. The van der Waals surface area contributed by atoms with E-state index in [1.54, 1.807) is 0 Å². The van der Waals surface area contributed by atoms with Crippen molar-refractivity contribution in [1.29, 1.82) is 0 Å². The van der Waals surface area contributed by atoms with Gasteiger partial charge in [0.1, 0.15) is 22.3 Å². The summed E-state index contributed by atoms with van der Waals surface area (Å²) in [5, 5.41) is 4.80. The molecular formula is C76H64O2. The molecule has 0 amide bonds.